The van der Waals surface area contributed by atoms with Crippen molar-refractivity contribution in [1.29, 1.82) is 0 Å². The molecule has 0 radical (unpaired) electrons. The van der Waals surface area contributed by atoms with Crippen molar-refractivity contribution in [3.8, 4) is 0 Å². The van der Waals surface area contributed by atoms with Crippen LogP contribution in [0, 0.1) is 0 Å². The number of fused-ring (bicyclic) bond motifs is 1. The van der Waals surface area contributed by atoms with Gasteiger partial charge < -0.3 is 14.1 Å². The largest absolute Gasteiger partial charge is 0.453 e. The average Bonchev–Trinajstić information content (AvgIpc) is 2.75. The van der Waals surface area contributed by atoms with Crippen LogP contribution in [0.2, 0.25) is 10.0 Å². The van der Waals surface area contributed by atoms with E-state index >= 15 is 0 Å². The second kappa shape index (κ2) is 6.39. The summed E-state index contributed by atoms with van der Waals surface area (Å²) in [5.74, 6) is 0.825. The van der Waals surface area contributed by atoms with Gasteiger partial charge in [-0.05, 0) is 45.9 Å². The summed E-state index contributed by atoms with van der Waals surface area (Å²) in [6.45, 7) is 9.91. The van der Waals surface area contributed by atoms with E-state index in [1.807, 2.05) is 12.1 Å². The number of rotatable bonds is 2. The Balaban J connectivity index is 2.21. The first-order valence-electron chi connectivity index (χ1n) is 7.82. The molecule has 0 amide bonds. The lowest BCUT2D eigenvalue weighted by Crippen LogP contribution is -2.45. The van der Waals surface area contributed by atoms with Gasteiger partial charge >= 0.3 is 0 Å². The Morgan fingerprint density at radius 3 is 2.43 bits per heavy atom. The van der Waals surface area contributed by atoms with Gasteiger partial charge in [0.1, 0.15) is 0 Å². The van der Waals surface area contributed by atoms with Crippen LogP contribution in [-0.4, -0.2) is 25.3 Å². The Bertz CT molecular complexity index is 752. The lowest BCUT2D eigenvalue weighted by atomic mass is 10.1. The third-order valence-corrected chi connectivity index (χ3v) is 4.36. The van der Waals surface area contributed by atoms with E-state index in [-0.39, 0.29) is 12.2 Å². The number of nitrogens with zero attached hydrogens (tertiary/aromatic N) is 1. The second-order valence-corrected chi connectivity index (χ2v) is 7.31. The molecule has 1 fully saturated rings. The van der Waals surface area contributed by atoms with E-state index in [0.29, 0.717) is 15.6 Å². The number of hydrogen-bond donors (Lipinski definition) is 0. The van der Waals surface area contributed by atoms with E-state index in [2.05, 4.69) is 32.6 Å². The van der Waals surface area contributed by atoms with Crippen LogP contribution in [-0.2, 0) is 4.74 Å². The van der Waals surface area contributed by atoms with E-state index in [1.54, 1.807) is 6.07 Å². The van der Waals surface area contributed by atoms with Crippen LogP contribution in [0.25, 0.3) is 17.0 Å². The van der Waals surface area contributed by atoms with Crippen LogP contribution < -0.4 is 4.90 Å². The van der Waals surface area contributed by atoms with Gasteiger partial charge in [0.2, 0.25) is 0 Å². The summed E-state index contributed by atoms with van der Waals surface area (Å²) in [6.07, 6.45) is 2.38. The maximum Gasteiger partial charge on any atom is 0.155 e. The number of allylic oxidation sites excluding steroid dienone is 1. The molecule has 124 valence electrons. The van der Waals surface area contributed by atoms with Crippen molar-refractivity contribution in [3.05, 3.63) is 33.5 Å². The van der Waals surface area contributed by atoms with Crippen LogP contribution in [0.1, 0.15) is 33.5 Å². The van der Waals surface area contributed by atoms with Crippen LogP contribution in [0.4, 0.5) is 5.69 Å². The highest BCUT2D eigenvalue weighted by Crippen LogP contribution is 2.41. The van der Waals surface area contributed by atoms with Gasteiger partial charge in [-0.1, -0.05) is 28.8 Å². The Kier molecular flexibility index (Phi) is 4.63. The van der Waals surface area contributed by atoms with Gasteiger partial charge in [-0.2, -0.15) is 0 Å². The Hall–Kier alpha value is -1.16. The summed E-state index contributed by atoms with van der Waals surface area (Å²) >= 11 is 12.6. The summed E-state index contributed by atoms with van der Waals surface area (Å²) in [6, 6.07) is 3.64. The number of halogens is 2. The first-order chi connectivity index (χ1) is 10.8. The number of hydrogen-bond acceptors (Lipinski definition) is 3. The molecule has 0 spiro atoms. The van der Waals surface area contributed by atoms with Crippen molar-refractivity contribution in [1.82, 2.24) is 0 Å². The molecule has 0 saturated carbocycles. The van der Waals surface area contributed by atoms with Crippen LogP contribution in [0.3, 0.4) is 0 Å². The molecule has 1 aromatic heterocycles. The zero-order valence-corrected chi connectivity index (χ0v) is 15.3. The molecular weight excluding hydrogens is 333 g/mol. The molecule has 0 bridgehead atoms. The minimum atomic E-state index is 0.165. The van der Waals surface area contributed by atoms with E-state index in [4.69, 9.17) is 32.4 Å². The highest BCUT2D eigenvalue weighted by Gasteiger charge is 2.28. The molecule has 1 aromatic carbocycles. The number of anilines is 1. The zero-order valence-electron chi connectivity index (χ0n) is 13.8. The predicted octanol–water partition coefficient (Wildman–Crippen LogP) is 5.78. The Morgan fingerprint density at radius 1 is 1.17 bits per heavy atom. The minimum absolute atomic E-state index is 0.165. The van der Waals surface area contributed by atoms with Crippen molar-refractivity contribution in [2.75, 3.05) is 18.0 Å². The highest BCUT2D eigenvalue weighted by atomic mass is 35.5. The predicted molar refractivity (Wildman–Crippen MR) is 97.8 cm³/mol. The fourth-order valence-corrected chi connectivity index (χ4v) is 3.71. The zero-order chi connectivity index (χ0) is 16.7. The molecule has 2 unspecified atom stereocenters. The average molecular weight is 354 g/mol. The van der Waals surface area contributed by atoms with Crippen LogP contribution >= 0.6 is 23.2 Å². The molecule has 2 aromatic rings. The van der Waals surface area contributed by atoms with Gasteiger partial charge in [0.25, 0.3) is 0 Å². The van der Waals surface area contributed by atoms with E-state index < -0.39 is 0 Å². The first kappa shape index (κ1) is 16.7. The lowest BCUT2D eigenvalue weighted by molar-refractivity contribution is -0.00517. The Morgan fingerprint density at radius 2 is 1.83 bits per heavy atom. The van der Waals surface area contributed by atoms with Gasteiger partial charge in [0.15, 0.2) is 11.3 Å². The third-order valence-electron chi connectivity index (χ3n) is 3.86. The molecule has 1 aliphatic heterocycles. The summed E-state index contributed by atoms with van der Waals surface area (Å²) in [5, 5.41) is 2.11. The van der Waals surface area contributed by atoms with Crippen molar-refractivity contribution < 1.29 is 9.15 Å². The summed E-state index contributed by atoms with van der Waals surface area (Å²) in [4.78, 5) is 2.31. The van der Waals surface area contributed by atoms with Crippen LogP contribution in [0.15, 0.2) is 22.1 Å². The minimum Gasteiger partial charge on any atom is -0.453 e. The lowest BCUT2D eigenvalue weighted by Gasteiger charge is -2.36. The summed E-state index contributed by atoms with van der Waals surface area (Å²) in [5.41, 5.74) is 2.90. The molecule has 0 N–H and O–H groups in total. The van der Waals surface area contributed by atoms with Crippen molar-refractivity contribution >= 4 is 45.9 Å². The molecule has 3 nitrogen and oxygen atoms in total. The molecule has 1 aliphatic rings. The van der Waals surface area contributed by atoms with Crippen molar-refractivity contribution in [2.45, 2.75) is 39.9 Å². The van der Waals surface area contributed by atoms with Crippen molar-refractivity contribution in [2.24, 2.45) is 0 Å². The van der Waals surface area contributed by atoms with E-state index in [1.165, 1.54) is 5.57 Å². The summed E-state index contributed by atoms with van der Waals surface area (Å²) < 4.78 is 11.9. The normalized spacial score (nSPS) is 21.7. The molecular formula is C18H21Cl2NO2. The van der Waals surface area contributed by atoms with Gasteiger partial charge in [0.05, 0.1) is 22.9 Å². The standard InChI is InChI=1S/C18H21Cl2NO2/c1-10(2)5-16-17(21-8-11(3)22-12(4)9-21)14-6-13(19)7-15(20)18(14)23-16/h5-7,11-12H,8-9H2,1-4H3. The maximum absolute atomic E-state index is 6.34. The second-order valence-electron chi connectivity index (χ2n) is 6.46. The number of furan rings is 1. The van der Waals surface area contributed by atoms with Crippen molar-refractivity contribution in [3.63, 3.8) is 0 Å². The maximum atomic E-state index is 6.34. The molecule has 23 heavy (non-hydrogen) atoms. The van der Waals surface area contributed by atoms with Gasteiger partial charge in [-0.15, -0.1) is 0 Å². The fraction of sp³-hybridized carbons (Fsp3) is 0.444. The molecule has 5 heteroatoms. The van der Waals surface area contributed by atoms with Gasteiger partial charge in [0, 0.05) is 23.5 Å². The summed E-state index contributed by atoms with van der Waals surface area (Å²) in [7, 11) is 0. The smallest absolute Gasteiger partial charge is 0.155 e. The topological polar surface area (TPSA) is 25.6 Å². The Labute approximate surface area is 146 Å². The molecule has 3 rings (SSSR count). The quantitative estimate of drug-likeness (QED) is 0.684. The third kappa shape index (κ3) is 3.37. The van der Waals surface area contributed by atoms with E-state index in [0.717, 1.165) is 29.9 Å². The molecule has 2 heterocycles. The monoisotopic (exact) mass is 353 g/mol. The highest BCUT2D eigenvalue weighted by molar-refractivity contribution is 6.38. The number of ether oxygens (including phenoxy) is 1. The SMILES string of the molecule is CC(C)=Cc1oc2c(Cl)cc(Cl)cc2c1N1CC(C)OC(C)C1. The molecule has 0 aliphatic carbocycles. The first-order valence-corrected chi connectivity index (χ1v) is 8.57. The van der Waals surface area contributed by atoms with Gasteiger partial charge in [-0.25, -0.2) is 0 Å². The number of morpholine rings is 1. The molecule has 1 saturated heterocycles. The van der Waals surface area contributed by atoms with Crippen LogP contribution in [0.5, 0.6) is 0 Å². The van der Waals surface area contributed by atoms with E-state index in [9.17, 15) is 0 Å². The fourth-order valence-electron chi connectivity index (χ4n) is 3.18. The number of benzene rings is 1. The molecule has 2 atom stereocenters. The van der Waals surface area contributed by atoms with Gasteiger partial charge in [-0.3, -0.25) is 0 Å².